The lowest BCUT2D eigenvalue weighted by Gasteiger charge is -2.00. The highest BCUT2D eigenvalue weighted by molar-refractivity contribution is 5.83. The third kappa shape index (κ3) is 1.53. The molecule has 1 fully saturated rings. The van der Waals surface area contributed by atoms with Crippen LogP contribution < -0.4 is 0 Å². The Morgan fingerprint density at radius 2 is 1.87 bits per heavy atom. The minimum Gasteiger partial charge on any atom is -0.365 e. The van der Waals surface area contributed by atoms with E-state index in [1.807, 2.05) is 0 Å². The highest BCUT2D eigenvalue weighted by atomic mass is 16.6. The van der Waals surface area contributed by atoms with Crippen molar-refractivity contribution >= 4 is 10.8 Å². The second-order valence-corrected chi connectivity index (χ2v) is 4.11. The number of ether oxygens (including phenoxy) is 1. The molecule has 1 saturated heterocycles. The highest BCUT2D eigenvalue weighted by Crippen LogP contribution is 2.41. The lowest BCUT2D eigenvalue weighted by molar-refractivity contribution is 0.370. The van der Waals surface area contributed by atoms with E-state index in [4.69, 9.17) is 4.74 Å². The zero-order valence-electron chi connectivity index (χ0n) is 8.81. The van der Waals surface area contributed by atoms with Gasteiger partial charge in [0.25, 0.3) is 0 Å². The quantitative estimate of drug-likeness (QED) is 0.670. The summed E-state index contributed by atoms with van der Waals surface area (Å²) >= 11 is 0. The van der Waals surface area contributed by atoms with Crippen LogP contribution in [-0.4, -0.2) is 6.10 Å². The molecule has 76 valence electrons. The van der Waals surface area contributed by atoms with Gasteiger partial charge in [0, 0.05) is 0 Å². The van der Waals surface area contributed by atoms with Gasteiger partial charge < -0.3 is 4.74 Å². The van der Waals surface area contributed by atoms with E-state index in [0.717, 1.165) is 6.42 Å². The van der Waals surface area contributed by atoms with Gasteiger partial charge in [-0.2, -0.15) is 0 Å². The molecule has 3 rings (SSSR count). The highest BCUT2D eigenvalue weighted by Gasteiger charge is 2.38. The largest absolute Gasteiger partial charge is 0.365 e. The average molecular weight is 198 g/mol. The maximum absolute atomic E-state index is 5.60. The molecular weight excluding hydrogens is 184 g/mol. The Labute approximate surface area is 89.7 Å². The predicted molar refractivity (Wildman–Crippen MR) is 61.9 cm³/mol. The molecule has 1 heteroatoms. The van der Waals surface area contributed by atoms with Crippen molar-refractivity contribution in [1.82, 2.24) is 0 Å². The number of hydrogen-bond donors (Lipinski definition) is 0. The van der Waals surface area contributed by atoms with Crippen LogP contribution in [0.4, 0.5) is 0 Å². The summed E-state index contributed by atoms with van der Waals surface area (Å²) in [5, 5.41) is 2.61. The summed E-state index contributed by atoms with van der Waals surface area (Å²) in [4.78, 5) is 0. The molecule has 1 aliphatic rings. The first-order valence-corrected chi connectivity index (χ1v) is 5.52. The molecular formula is C14H14O. The lowest BCUT2D eigenvalue weighted by Crippen LogP contribution is -1.86. The van der Waals surface area contributed by atoms with E-state index < -0.39 is 0 Å². The Kier molecular flexibility index (Phi) is 2.00. The van der Waals surface area contributed by atoms with Gasteiger partial charge in [-0.25, -0.2) is 0 Å². The summed E-state index contributed by atoms with van der Waals surface area (Å²) < 4.78 is 5.60. The summed E-state index contributed by atoms with van der Waals surface area (Å²) in [5.74, 6) is 0. The van der Waals surface area contributed by atoms with Crippen molar-refractivity contribution in [3.05, 3.63) is 48.0 Å². The molecule has 1 heterocycles. The third-order valence-corrected chi connectivity index (χ3v) is 3.09. The third-order valence-electron chi connectivity index (χ3n) is 3.09. The standard InChI is InChI=1S/C14H14O/c1-2-13-14(15-13)12-8-7-10-5-3-4-6-11(10)9-12/h3-9,13-14H,2H2,1H3. The molecule has 0 saturated carbocycles. The number of epoxide rings is 1. The van der Waals surface area contributed by atoms with Gasteiger partial charge in [-0.05, 0) is 28.8 Å². The van der Waals surface area contributed by atoms with Crippen molar-refractivity contribution in [3.8, 4) is 0 Å². The second-order valence-electron chi connectivity index (χ2n) is 4.11. The molecule has 0 bridgehead atoms. The van der Waals surface area contributed by atoms with Gasteiger partial charge in [-0.15, -0.1) is 0 Å². The van der Waals surface area contributed by atoms with Crippen molar-refractivity contribution in [2.45, 2.75) is 25.6 Å². The van der Waals surface area contributed by atoms with E-state index in [1.165, 1.54) is 16.3 Å². The topological polar surface area (TPSA) is 12.5 Å². The molecule has 0 N–H and O–H groups in total. The number of fused-ring (bicyclic) bond motifs is 1. The summed E-state index contributed by atoms with van der Waals surface area (Å²) in [5.41, 5.74) is 1.32. The first-order chi connectivity index (χ1) is 7.38. The Bertz CT molecular complexity index is 489. The molecule has 0 aliphatic carbocycles. The zero-order valence-corrected chi connectivity index (χ0v) is 8.81. The maximum Gasteiger partial charge on any atom is 0.109 e. The summed E-state index contributed by atoms with van der Waals surface area (Å²) in [6, 6.07) is 15.1. The van der Waals surface area contributed by atoms with Gasteiger partial charge in [0.15, 0.2) is 0 Å². The summed E-state index contributed by atoms with van der Waals surface area (Å²) in [6.07, 6.45) is 1.91. The minimum absolute atomic E-state index is 0.347. The van der Waals surface area contributed by atoms with Crippen molar-refractivity contribution in [2.24, 2.45) is 0 Å². The van der Waals surface area contributed by atoms with Crippen LogP contribution in [0.15, 0.2) is 42.5 Å². The molecule has 1 nitrogen and oxygen atoms in total. The fourth-order valence-electron chi connectivity index (χ4n) is 2.13. The van der Waals surface area contributed by atoms with Crippen LogP contribution in [-0.2, 0) is 4.74 Å². The number of benzene rings is 2. The van der Waals surface area contributed by atoms with E-state index in [2.05, 4.69) is 49.4 Å². The summed E-state index contributed by atoms with van der Waals surface area (Å²) in [7, 11) is 0. The van der Waals surface area contributed by atoms with Gasteiger partial charge >= 0.3 is 0 Å². The maximum atomic E-state index is 5.60. The van der Waals surface area contributed by atoms with Crippen LogP contribution in [0.2, 0.25) is 0 Å². The monoisotopic (exact) mass is 198 g/mol. The van der Waals surface area contributed by atoms with Gasteiger partial charge in [-0.1, -0.05) is 43.3 Å². The van der Waals surface area contributed by atoms with Crippen molar-refractivity contribution < 1.29 is 4.74 Å². The van der Waals surface area contributed by atoms with Crippen LogP contribution in [0.3, 0.4) is 0 Å². The molecule has 2 aromatic rings. The van der Waals surface area contributed by atoms with Crippen molar-refractivity contribution in [1.29, 1.82) is 0 Å². The lowest BCUT2D eigenvalue weighted by atomic mass is 10.0. The molecule has 0 radical (unpaired) electrons. The van der Waals surface area contributed by atoms with Crippen LogP contribution in [0.25, 0.3) is 10.8 Å². The Morgan fingerprint density at radius 3 is 2.60 bits per heavy atom. The predicted octanol–water partition coefficient (Wildman–Crippen LogP) is 3.69. The van der Waals surface area contributed by atoms with Crippen LogP contribution in [0, 0.1) is 0 Å². The van der Waals surface area contributed by atoms with E-state index in [1.54, 1.807) is 0 Å². The van der Waals surface area contributed by atoms with E-state index >= 15 is 0 Å². The molecule has 2 atom stereocenters. The van der Waals surface area contributed by atoms with E-state index in [9.17, 15) is 0 Å². The Morgan fingerprint density at radius 1 is 1.07 bits per heavy atom. The molecule has 1 aliphatic heterocycles. The molecule has 2 aromatic carbocycles. The van der Waals surface area contributed by atoms with Gasteiger partial charge in [0.2, 0.25) is 0 Å². The van der Waals surface area contributed by atoms with Gasteiger partial charge in [0.1, 0.15) is 6.10 Å². The summed E-state index contributed by atoms with van der Waals surface area (Å²) in [6.45, 7) is 2.17. The fourth-order valence-corrected chi connectivity index (χ4v) is 2.13. The smallest absolute Gasteiger partial charge is 0.109 e. The van der Waals surface area contributed by atoms with Crippen LogP contribution >= 0.6 is 0 Å². The minimum atomic E-state index is 0.347. The number of hydrogen-bond acceptors (Lipinski definition) is 1. The second kappa shape index (κ2) is 3.35. The molecule has 0 spiro atoms. The van der Waals surface area contributed by atoms with Gasteiger partial charge in [-0.3, -0.25) is 0 Å². The SMILES string of the molecule is CCC1OC1c1ccc2ccccc2c1. The molecule has 0 amide bonds. The van der Waals surface area contributed by atoms with Crippen LogP contribution in [0.1, 0.15) is 25.0 Å². The first kappa shape index (κ1) is 8.93. The Hall–Kier alpha value is -1.34. The molecule has 15 heavy (non-hydrogen) atoms. The fraction of sp³-hybridized carbons (Fsp3) is 0.286. The van der Waals surface area contributed by atoms with Crippen molar-refractivity contribution in [2.75, 3.05) is 0 Å². The molecule has 0 aromatic heterocycles. The Balaban J connectivity index is 2.00. The average Bonchev–Trinajstić information content (AvgIpc) is 3.08. The molecule has 2 unspecified atom stereocenters. The number of rotatable bonds is 2. The first-order valence-electron chi connectivity index (χ1n) is 5.52. The van der Waals surface area contributed by atoms with Crippen molar-refractivity contribution in [3.63, 3.8) is 0 Å². The van der Waals surface area contributed by atoms with Gasteiger partial charge in [0.05, 0.1) is 6.10 Å². The zero-order chi connectivity index (χ0) is 10.3. The van der Waals surface area contributed by atoms with E-state index in [0.29, 0.717) is 12.2 Å². The van der Waals surface area contributed by atoms with E-state index in [-0.39, 0.29) is 0 Å². The normalized spacial score (nSPS) is 24.3. The van der Waals surface area contributed by atoms with Crippen LogP contribution in [0.5, 0.6) is 0 Å².